The number of fused-ring (bicyclic) bond motifs is 1. The Bertz CT molecular complexity index is 560. The summed E-state index contributed by atoms with van der Waals surface area (Å²) in [7, 11) is 3.78. The van der Waals surface area contributed by atoms with Crippen molar-refractivity contribution in [1.29, 1.82) is 0 Å². The molecular weight excluding hydrogens is 228 g/mol. The molecule has 2 N–H and O–H groups in total. The number of carbonyl (C=O) groups is 1. The van der Waals surface area contributed by atoms with Gasteiger partial charge in [-0.15, -0.1) is 0 Å². The second-order valence-electron chi connectivity index (χ2n) is 4.50. The molecule has 2 aromatic rings. The Morgan fingerprint density at radius 3 is 2.83 bits per heavy atom. The minimum atomic E-state index is -0.762. The number of benzene rings is 1. The number of hydrogen-bond donors (Lipinski definition) is 2. The Morgan fingerprint density at radius 1 is 1.44 bits per heavy atom. The predicted molar refractivity (Wildman–Crippen MR) is 71.8 cm³/mol. The quantitative estimate of drug-likeness (QED) is 0.848. The lowest BCUT2D eigenvalue weighted by atomic mass is 9.95. The van der Waals surface area contributed by atoms with Gasteiger partial charge in [0.2, 0.25) is 0 Å². The van der Waals surface area contributed by atoms with Crippen LogP contribution >= 0.6 is 0 Å². The summed E-state index contributed by atoms with van der Waals surface area (Å²) in [5.41, 5.74) is 1.97. The molecule has 1 aromatic carbocycles. The zero-order valence-corrected chi connectivity index (χ0v) is 10.7. The first-order chi connectivity index (χ1) is 8.65. The number of aliphatic carboxylic acids is 1. The highest BCUT2D eigenvalue weighted by Crippen LogP contribution is 2.29. The second kappa shape index (κ2) is 5.23. The first-order valence-electron chi connectivity index (χ1n) is 6.06. The van der Waals surface area contributed by atoms with Crippen molar-refractivity contribution in [1.82, 2.24) is 9.88 Å². The van der Waals surface area contributed by atoms with Gasteiger partial charge in [0.15, 0.2) is 0 Å². The summed E-state index contributed by atoms with van der Waals surface area (Å²) >= 11 is 0. The van der Waals surface area contributed by atoms with E-state index in [9.17, 15) is 9.90 Å². The van der Waals surface area contributed by atoms with E-state index in [-0.39, 0.29) is 0 Å². The zero-order valence-electron chi connectivity index (χ0n) is 10.7. The van der Waals surface area contributed by atoms with Gasteiger partial charge >= 0.3 is 5.97 Å². The van der Waals surface area contributed by atoms with Crippen molar-refractivity contribution in [2.45, 2.75) is 12.3 Å². The smallest absolute Gasteiger partial charge is 0.311 e. The molecule has 1 heterocycles. The molecule has 0 aliphatic carbocycles. The maximum absolute atomic E-state index is 11.4. The number of aromatic nitrogens is 1. The van der Waals surface area contributed by atoms with Crippen LogP contribution in [0.25, 0.3) is 10.9 Å². The molecule has 0 fully saturated rings. The van der Waals surface area contributed by atoms with Gasteiger partial charge < -0.3 is 15.0 Å². The van der Waals surface area contributed by atoms with Gasteiger partial charge in [0.05, 0.1) is 5.92 Å². The van der Waals surface area contributed by atoms with Crippen LogP contribution in [-0.2, 0) is 11.8 Å². The molecule has 0 aliphatic heterocycles. The molecule has 0 bridgehead atoms. The van der Waals surface area contributed by atoms with E-state index < -0.39 is 11.9 Å². The van der Waals surface area contributed by atoms with E-state index in [1.807, 2.05) is 49.1 Å². The van der Waals surface area contributed by atoms with Crippen LogP contribution in [-0.4, -0.2) is 29.2 Å². The van der Waals surface area contributed by atoms with E-state index in [4.69, 9.17) is 0 Å². The van der Waals surface area contributed by atoms with E-state index >= 15 is 0 Å². The van der Waals surface area contributed by atoms with Gasteiger partial charge in [0.25, 0.3) is 0 Å². The highest BCUT2D eigenvalue weighted by molar-refractivity contribution is 5.89. The van der Waals surface area contributed by atoms with Crippen LogP contribution in [0.4, 0.5) is 0 Å². The molecule has 2 rings (SSSR count). The summed E-state index contributed by atoms with van der Waals surface area (Å²) in [5, 5.41) is 13.4. The number of aryl methyl sites for hydroxylation is 1. The van der Waals surface area contributed by atoms with E-state index in [1.54, 1.807) is 0 Å². The maximum Gasteiger partial charge on any atom is 0.311 e. The van der Waals surface area contributed by atoms with Crippen molar-refractivity contribution in [2.75, 3.05) is 13.6 Å². The van der Waals surface area contributed by atoms with Crippen LogP contribution in [0.2, 0.25) is 0 Å². The van der Waals surface area contributed by atoms with E-state index in [0.29, 0.717) is 13.0 Å². The lowest BCUT2D eigenvalue weighted by Gasteiger charge is -2.11. The Labute approximate surface area is 106 Å². The van der Waals surface area contributed by atoms with Gasteiger partial charge in [0.1, 0.15) is 0 Å². The monoisotopic (exact) mass is 246 g/mol. The summed E-state index contributed by atoms with van der Waals surface area (Å²) in [4.78, 5) is 11.4. The average molecular weight is 246 g/mol. The molecule has 0 aliphatic rings. The van der Waals surface area contributed by atoms with Crippen molar-refractivity contribution < 1.29 is 9.90 Å². The van der Waals surface area contributed by atoms with Crippen LogP contribution in [0, 0.1) is 0 Å². The van der Waals surface area contributed by atoms with E-state index in [0.717, 1.165) is 16.5 Å². The molecule has 0 saturated heterocycles. The van der Waals surface area contributed by atoms with Gasteiger partial charge in [-0.25, -0.2) is 0 Å². The van der Waals surface area contributed by atoms with Crippen LogP contribution in [0.5, 0.6) is 0 Å². The van der Waals surface area contributed by atoms with Crippen LogP contribution in [0.1, 0.15) is 17.9 Å². The number of rotatable bonds is 5. The number of carboxylic acids is 1. The summed E-state index contributed by atoms with van der Waals surface area (Å²) < 4.78 is 1.99. The average Bonchev–Trinajstić information content (AvgIpc) is 2.68. The highest BCUT2D eigenvalue weighted by Gasteiger charge is 2.23. The Morgan fingerprint density at radius 2 is 2.17 bits per heavy atom. The standard InChI is InChI=1S/C14H18N2O2/c1-15-8-7-11(14(17)18)12-9-16(2)13-6-4-3-5-10(12)13/h3-6,9,11,15H,7-8H2,1-2H3,(H,17,18). The van der Waals surface area contributed by atoms with Crippen molar-refractivity contribution in [3.05, 3.63) is 36.0 Å². The molecule has 0 saturated carbocycles. The lowest BCUT2D eigenvalue weighted by Crippen LogP contribution is -2.18. The third-order valence-corrected chi connectivity index (χ3v) is 3.28. The lowest BCUT2D eigenvalue weighted by molar-refractivity contribution is -0.138. The van der Waals surface area contributed by atoms with Crippen LogP contribution in [0.3, 0.4) is 0 Å². The van der Waals surface area contributed by atoms with Gasteiger partial charge in [0, 0.05) is 24.1 Å². The minimum absolute atomic E-state index is 0.455. The molecule has 0 amide bonds. The molecule has 1 aromatic heterocycles. The van der Waals surface area contributed by atoms with Gasteiger partial charge in [-0.05, 0) is 31.6 Å². The predicted octanol–water partition coefficient (Wildman–Crippen LogP) is 1.96. The number of carboxylic acid groups (broad SMARTS) is 1. The zero-order chi connectivity index (χ0) is 13.1. The summed E-state index contributed by atoms with van der Waals surface area (Å²) in [6, 6.07) is 7.91. The second-order valence-corrected chi connectivity index (χ2v) is 4.50. The molecule has 96 valence electrons. The summed E-state index contributed by atoms with van der Waals surface area (Å²) in [5.74, 6) is -1.22. The third-order valence-electron chi connectivity index (χ3n) is 3.28. The largest absolute Gasteiger partial charge is 0.481 e. The molecular formula is C14H18N2O2. The first kappa shape index (κ1) is 12.6. The van der Waals surface area contributed by atoms with Crippen molar-refractivity contribution in [2.24, 2.45) is 7.05 Å². The molecule has 4 nitrogen and oxygen atoms in total. The fourth-order valence-electron chi connectivity index (χ4n) is 2.35. The Hall–Kier alpha value is -1.81. The first-order valence-corrected chi connectivity index (χ1v) is 6.06. The third kappa shape index (κ3) is 2.24. The van der Waals surface area contributed by atoms with Crippen molar-refractivity contribution in [3.63, 3.8) is 0 Å². The normalized spacial score (nSPS) is 12.8. The molecule has 0 radical (unpaired) electrons. The van der Waals surface area contributed by atoms with E-state index in [2.05, 4.69) is 5.32 Å². The summed E-state index contributed by atoms with van der Waals surface area (Å²) in [6.45, 7) is 0.695. The van der Waals surface area contributed by atoms with E-state index in [1.165, 1.54) is 0 Å². The molecule has 1 unspecified atom stereocenters. The van der Waals surface area contributed by atoms with Crippen molar-refractivity contribution >= 4 is 16.9 Å². The fourth-order valence-corrected chi connectivity index (χ4v) is 2.35. The minimum Gasteiger partial charge on any atom is -0.481 e. The van der Waals surface area contributed by atoms with Crippen LogP contribution < -0.4 is 5.32 Å². The van der Waals surface area contributed by atoms with Crippen LogP contribution in [0.15, 0.2) is 30.5 Å². The topological polar surface area (TPSA) is 54.3 Å². The molecule has 4 heteroatoms. The SMILES string of the molecule is CNCCC(C(=O)O)c1cn(C)c2ccccc12. The van der Waals surface area contributed by atoms with Gasteiger partial charge in [-0.2, -0.15) is 0 Å². The number of nitrogens with one attached hydrogen (secondary N) is 1. The molecule has 0 spiro atoms. The van der Waals surface area contributed by atoms with Crippen molar-refractivity contribution in [3.8, 4) is 0 Å². The van der Waals surface area contributed by atoms with Gasteiger partial charge in [-0.1, -0.05) is 18.2 Å². The molecule has 18 heavy (non-hydrogen) atoms. The highest BCUT2D eigenvalue weighted by atomic mass is 16.4. The Balaban J connectivity index is 2.47. The van der Waals surface area contributed by atoms with Gasteiger partial charge in [-0.3, -0.25) is 4.79 Å². The maximum atomic E-state index is 11.4. The summed E-state index contributed by atoms with van der Waals surface area (Å²) in [6.07, 6.45) is 2.53. The Kier molecular flexibility index (Phi) is 3.67. The number of para-hydroxylation sites is 1. The number of nitrogens with zero attached hydrogens (tertiary/aromatic N) is 1. The number of hydrogen-bond acceptors (Lipinski definition) is 2. The molecule has 1 atom stereocenters. The fraction of sp³-hybridized carbons (Fsp3) is 0.357.